The van der Waals surface area contributed by atoms with Gasteiger partial charge in [0.1, 0.15) is 5.52 Å². The number of nitrogens with one attached hydrogen (secondary N) is 1. The number of carbonyl (C=O) groups excluding carboxylic acids is 2. The van der Waals surface area contributed by atoms with E-state index in [0.717, 1.165) is 6.42 Å². The van der Waals surface area contributed by atoms with Gasteiger partial charge in [0.2, 0.25) is 0 Å². The zero-order chi connectivity index (χ0) is 18.3. The molecule has 1 aromatic carbocycles. The summed E-state index contributed by atoms with van der Waals surface area (Å²) in [7, 11) is 1.62. The molecule has 2 aromatic rings. The minimum atomic E-state index is -0.0779. The lowest BCUT2D eigenvalue weighted by molar-refractivity contribution is 0.0642. The maximum absolute atomic E-state index is 12.9. The SMILES string of the molecule is COCCN1C(=O)N[C@@H]2CN(C(=O)c3ccc4oc(C)nc4c3)CC[C@@H]21. The number of rotatable bonds is 4. The van der Waals surface area contributed by atoms with Gasteiger partial charge in [-0.3, -0.25) is 4.79 Å². The molecule has 0 aliphatic carbocycles. The van der Waals surface area contributed by atoms with Crippen LogP contribution in [-0.2, 0) is 4.74 Å². The molecule has 138 valence electrons. The second-order valence-electron chi connectivity index (χ2n) is 6.76. The number of amides is 3. The second-order valence-corrected chi connectivity index (χ2v) is 6.76. The summed E-state index contributed by atoms with van der Waals surface area (Å²) in [6.45, 7) is 3.99. The van der Waals surface area contributed by atoms with Gasteiger partial charge in [-0.15, -0.1) is 0 Å². The van der Waals surface area contributed by atoms with Crippen molar-refractivity contribution < 1.29 is 18.7 Å². The molecule has 8 nitrogen and oxygen atoms in total. The summed E-state index contributed by atoms with van der Waals surface area (Å²) in [4.78, 5) is 33.0. The lowest BCUT2D eigenvalue weighted by Crippen LogP contribution is -2.53. The molecule has 0 saturated carbocycles. The van der Waals surface area contributed by atoms with E-state index in [1.807, 2.05) is 4.90 Å². The number of urea groups is 1. The number of oxazole rings is 1. The molecule has 2 saturated heterocycles. The smallest absolute Gasteiger partial charge is 0.318 e. The van der Waals surface area contributed by atoms with E-state index in [1.165, 1.54) is 0 Å². The molecule has 1 aromatic heterocycles. The third-order valence-electron chi connectivity index (χ3n) is 5.11. The minimum Gasteiger partial charge on any atom is -0.441 e. The zero-order valence-corrected chi connectivity index (χ0v) is 14.9. The van der Waals surface area contributed by atoms with Crippen molar-refractivity contribution >= 4 is 23.0 Å². The molecular formula is C18H22N4O4. The Hall–Kier alpha value is -2.61. The Kier molecular flexibility index (Phi) is 4.28. The van der Waals surface area contributed by atoms with E-state index in [0.29, 0.717) is 48.8 Å². The van der Waals surface area contributed by atoms with Crippen LogP contribution in [0.25, 0.3) is 11.1 Å². The average Bonchev–Trinajstić information content (AvgIpc) is 3.15. The maximum atomic E-state index is 12.9. The van der Waals surface area contributed by atoms with E-state index in [2.05, 4.69) is 10.3 Å². The summed E-state index contributed by atoms with van der Waals surface area (Å²) in [5.41, 5.74) is 1.95. The highest BCUT2D eigenvalue weighted by Gasteiger charge is 2.43. The molecular weight excluding hydrogens is 336 g/mol. The largest absolute Gasteiger partial charge is 0.441 e. The maximum Gasteiger partial charge on any atom is 0.318 e. The first-order chi connectivity index (χ1) is 12.6. The molecule has 0 radical (unpaired) electrons. The van der Waals surface area contributed by atoms with E-state index >= 15 is 0 Å². The molecule has 0 bridgehead atoms. The third-order valence-corrected chi connectivity index (χ3v) is 5.11. The summed E-state index contributed by atoms with van der Waals surface area (Å²) >= 11 is 0. The molecule has 26 heavy (non-hydrogen) atoms. The highest BCUT2D eigenvalue weighted by Crippen LogP contribution is 2.25. The van der Waals surface area contributed by atoms with Gasteiger partial charge in [-0.25, -0.2) is 9.78 Å². The molecule has 1 N–H and O–H groups in total. The highest BCUT2D eigenvalue weighted by molar-refractivity contribution is 5.97. The number of nitrogens with zero attached hydrogens (tertiary/aromatic N) is 3. The Balaban J connectivity index is 1.47. The average molecular weight is 358 g/mol. The Morgan fingerprint density at radius 3 is 3.12 bits per heavy atom. The topological polar surface area (TPSA) is 87.9 Å². The predicted molar refractivity (Wildman–Crippen MR) is 94.0 cm³/mol. The number of fused-ring (bicyclic) bond motifs is 2. The van der Waals surface area contributed by atoms with Crippen molar-refractivity contribution in [2.45, 2.75) is 25.4 Å². The van der Waals surface area contributed by atoms with Crippen LogP contribution in [-0.4, -0.2) is 72.2 Å². The summed E-state index contributed by atoms with van der Waals surface area (Å²) in [5, 5.41) is 2.99. The Morgan fingerprint density at radius 2 is 2.31 bits per heavy atom. The van der Waals surface area contributed by atoms with Crippen molar-refractivity contribution in [3.05, 3.63) is 29.7 Å². The van der Waals surface area contributed by atoms with Crippen molar-refractivity contribution in [1.82, 2.24) is 20.1 Å². The van der Waals surface area contributed by atoms with Gasteiger partial charge in [0.25, 0.3) is 5.91 Å². The lowest BCUT2D eigenvalue weighted by Gasteiger charge is -2.36. The van der Waals surface area contributed by atoms with Gasteiger partial charge in [-0.1, -0.05) is 0 Å². The molecule has 0 unspecified atom stereocenters. The van der Waals surface area contributed by atoms with Gasteiger partial charge >= 0.3 is 6.03 Å². The number of carbonyl (C=O) groups is 2. The summed E-state index contributed by atoms with van der Waals surface area (Å²) in [6, 6.07) is 5.29. The van der Waals surface area contributed by atoms with Crippen molar-refractivity contribution in [1.29, 1.82) is 0 Å². The zero-order valence-electron chi connectivity index (χ0n) is 14.9. The number of aryl methyl sites for hydroxylation is 1. The van der Waals surface area contributed by atoms with Crippen molar-refractivity contribution in [3.63, 3.8) is 0 Å². The van der Waals surface area contributed by atoms with Crippen LogP contribution in [0.1, 0.15) is 22.7 Å². The number of hydrogen-bond acceptors (Lipinski definition) is 5. The molecule has 2 aliphatic heterocycles. The van der Waals surface area contributed by atoms with E-state index < -0.39 is 0 Å². The number of benzene rings is 1. The van der Waals surface area contributed by atoms with Crippen LogP contribution < -0.4 is 5.32 Å². The van der Waals surface area contributed by atoms with Crippen LogP contribution in [0, 0.1) is 6.92 Å². The molecule has 4 rings (SSSR count). The van der Waals surface area contributed by atoms with E-state index in [9.17, 15) is 9.59 Å². The van der Waals surface area contributed by atoms with Gasteiger partial charge in [-0.05, 0) is 24.6 Å². The van der Waals surface area contributed by atoms with Crippen LogP contribution in [0.4, 0.5) is 4.79 Å². The van der Waals surface area contributed by atoms with Crippen molar-refractivity contribution in [2.24, 2.45) is 0 Å². The van der Waals surface area contributed by atoms with Crippen molar-refractivity contribution in [2.75, 3.05) is 33.4 Å². The predicted octanol–water partition coefficient (Wildman–Crippen LogP) is 1.39. The number of likely N-dealkylation sites (tertiary alicyclic amines) is 1. The van der Waals surface area contributed by atoms with Crippen molar-refractivity contribution in [3.8, 4) is 0 Å². The van der Waals surface area contributed by atoms with Gasteiger partial charge in [0, 0.05) is 39.2 Å². The van der Waals surface area contributed by atoms with Gasteiger partial charge in [0.05, 0.1) is 18.7 Å². The van der Waals surface area contributed by atoms with Crippen LogP contribution in [0.3, 0.4) is 0 Å². The van der Waals surface area contributed by atoms with Gasteiger partial charge in [-0.2, -0.15) is 0 Å². The van der Waals surface area contributed by atoms with E-state index in [-0.39, 0.29) is 24.0 Å². The van der Waals surface area contributed by atoms with E-state index in [1.54, 1.807) is 37.1 Å². The Morgan fingerprint density at radius 1 is 1.46 bits per heavy atom. The summed E-state index contributed by atoms with van der Waals surface area (Å²) in [5.74, 6) is 0.533. The van der Waals surface area contributed by atoms with Crippen LogP contribution in [0.5, 0.6) is 0 Å². The number of aromatic nitrogens is 1. The van der Waals surface area contributed by atoms with Crippen LogP contribution >= 0.6 is 0 Å². The molecule has 8 heteroatoms. The van der Waals surface area contributed by atoms with Gasteiger partial charge in [0.15, 0.2) is 11.5 Å². The number of ether oxygens (including phenoxy) is 1. The van der Waals surface area contributed by atoms with Crippen LogP contribution in [0.2, 0.25) is 0 Å². The fourth-order valence-corrected chi connectivity index (χ4v) is 3.85. The normalized spacial score (nSPS) is 22.6. The third kappa shape index (κ3) is 2.90. The first kappa shape index (κ1) is 16.8. The summed E-state index contributed by atoms with van der Waals surface area (Å²) in [6.07, 6.45) is 0.754. The van der Waals surface area contributed by atoms with Gasteiger partial charge < -0.3 is 24.3 Å². The molecule has 2 fully saturated rings. The van der Waals surface area contributed by atoms with E-state index in [4.69, 9.17) is 9.15 Å². The molecule has 2 atom stereocenters. The lowest BCUT2D eigenvalue weighted by atomic mass is 9.99. The molecule has 3 amide bonds. The van der Waals surface area contributed by atoms with Crippen LogP contribution in [0.15, 0.2) is 22.6 Å². The fourth-order valence-electron chi connectivity index (χ4n) is 3.85. The molecule has 2 aliphatic rings. The molecule has 0 spiro atoms. The number of hydrogen-bond donors (Lipinski definition) is 1. The first-order valence-corrected chi connectivity index (χ1v) is 8.79. The second kappa shape index (κ2) is 6.60. The number of piperidine rings is 1. The monoisotopic (exact) mass is 358 g/mol. The summed E-state index contributed by atoms with van der Waals surface area (Å²) < 4.78 is 10.5. The first-order valence-electron chi connectivity index (χ1n) is 8.79. The standard InChI is InChI=1S/C18H22N4O4/c1-11-19-13-9-12(3-4-16(13)26-11)17(23)21-6-5-15-14(10-21)20-18(24)22(15)7-8-25-2/h3-4,9,14-15H,5-8,10H2,1-2H3,(H,20,24)/t14-,15+/m1/s1. The molecule has 3 heterocycles. The number of methoxy groups -OCH3 is 1. The Labute approximate surface area is 151 Å². The Bertz CT molecular complexity index is 849. The highest BCUT2D eigenvalue weighted by atomic mass is 16.5. The quantitative estimate of drug-likeness (QED) is 0.892. The fraction of sp³-hybridized carbons (Fsp3) is 0.500. The minimum absolute atomic E-state index is 0.0457.